The molecule has 164 valence electrons. The topological polar surface area (TPSA) is 124 Å². The molecule has 0 fully saturated rings. The molecule has 1 atom stereocenters. The van der Waals surface area contributed by atoms with Crippen LogP contribution in [0.15, 0.2) is 56.8 Å². The second-order valence-electron chi connectivity index (χ2n) is 6.82. The first kappa shape index (κ1) is 21.7. The summed E-state index contributed by atoms with van der Waals surface area (Å²) < 4.78 is 6.97. The number of rotatable bonds is 5. The highest BCUT2D eigenvalue weighted by Crippen LogP contribution is 2.33. The summed E-state index contributed by atoms with van der Waals surface area (Å²) >= 11 is 2.53. The van der Waals surface area contributed by atoms with Crippen LogP contribution >= 0.6 is 22.7 Å². The van der Waals surface area contributed by atoms with Crippen molar-refractivity contribution in [2.75, 3.05) is 6.61 Å². The number of ether oxygens (including phenoxy) is 1. The molecule has 0 bridgehead atoms. The predicted octanol–water partition coefficient (Wildman–Crippen LogP) is 2.47. The fourth-order valence-electron chi connectivity index (χ4n) is 3.44. The van der Waals surface area contributed by atoms with E-state index in [1.165, 1.54) is 40.2 Å². The Kier molecular flexibility index (Phi) is 5.76. The lowest BCUT2D eigenvalue weighted by molar-refractivity contribution is -0.385. The molecular formula is C21H17N3O6S2. The van der Waals surface area contributed by atoms with Crippen LogP contribution < -0.4 is 14.9 Å². The van der Waals surface area contributed by atoms with Gasteiger partial charge >= 0.3 is 11.7 Å². The molecule has 3 heterocycles. The third-order valence-corrected chi connectivity index (χ3v) is 6.73. The molecule has 1 aromatic carbocycles. The lowest BCUT2D eigenvalue weighted by atomic mass is 10.0. The Morgan fingerprint density at radius 1 is 1.41 bits per heavy atom. The number of nitro benzene ring substituents is 1. The number of allylic oxidation sites excluding steroid dienone is 1. The third-order valence-electron chi connectivity index (χ3n) is 4.82. The van der Waals surface area contributed by atoms with Crippen molar-refractivity contribution >= 4 is 40.4 Å². The molecular weight excluding hydrogens is 454 g/mol. The van der Waals surface area contributed by atoms with Crippen molar-refractivity contribution in [1.82, 2.24) is 4.57 Å². The minimum Gasteiger partial charge on any atom is -0.502 e. The fourth-order valence-corrected chi connectivity index (χ4v) is 5.31. The molecule has 0 saturated heterocycles. The smallest absolute Gasteiger partial charge is 0.338 e. The van der Waals surface area contributed by atoms with E-state index >= 15 is 0 Å². The monoisotopic (exact) mass is 471 g/mol. The first-order valence-electron chi connectivity index (χ1n) is 9.52. The van der Waals surface area contributed by atoms with Crippen LogP contribution in [0.3, 0.4) is 0 Å². The van der Waals surface area contributed by atoms with E-state index in [-0.39, 0.29) is 12.2 Å². The zero-order chi connectivity index (χ0) is 23.0. The molecule has 1 aliphatic rings. The van der Waals surface area contributed by atoms with Gasteiger partial charge in [0.1, 0.15) is 6.04 Å². The van der Waals surface area contributed by atoms with Crippen LogP contribution in [-0.2, 0) is 9.53 Å². The van der Waals surface area contributed by atoms with E-state index in [4.69, 9.17) is 4.74 Å². The van der Waals surface area contributed by atoms with Gasteiger partial charge in [0.15, 0.2) is 10.6 Å². The Hall–Kier alpha value is -3.57. The highest BCUT2D eigenvalue weighted by Gasteiger charge is 2.33. The summed E-state index contributed by atoms with van der Waals surface area (Å²) in [6.45, 7) is 3.60. The highest BCUT2D eigenvalue weighted by molar-refractivity contribution is 7.10. The van der Waals surface area contributed by atoms with Gasteiger partial charge in [0.2, 0.25) is 0 Å². The maximum Gasteiger partial charge on any atom is 0.338 e. The van der Waals surface area contributed by atoms with Crippen molar-refractivity contribution in [1.29, 1.82) is 0 Å². The molecule has 1 aliphatic heterocycles. The summed E-state index contributed by atoms with van der Waals surface area (Å²) in [6, 6.07) is 6.88. The van der Waals surface area contributed by atoms with Crippen molar-refractivity contribution in [2.24, 2.45) is 4.99 Å². The number of nitro groups is 1. The number of aromatic nitrogens is 1. The maximum absolute atomic E-state index is 13.4. The SMILES string of the molecule is CCOC(=O)C1=C(C)N=c2s/c(=C\c3ccc(O)c([N+](=O)[O-])c3)c(=O)n2[C@H]1c1cccs1. The second-order valence-corrected chi connectivity index (χ2v) is 8.81. The number of esters is 1. The first-order valence-corrected chi connectivity index (χ1v) is 11.2. The summed E-state index contributed by atoms with van der Waals surface area (Å²) in [4.78, 5) is 42.2. The summed E-state index contributed by atoms with van der Waals surface area (Å²) in [5, 5.41) is 22.7. The molecule has 11 heteroatoms. The third kappa shape index (κ3) is 3.76. The van der Waals surface area contributed by atoms with Gasteiger partial charge in [-0.05, 0) is 43.0 Å². The number of phenols is 1. The molecule has 3 aromatic rings. The number of phenolic OH excluding ortho intramolecular Hbond substituents is 1. The standard InChI is InChI=1S/C21H17N3O6S2/c1-3-30-20(27)17-11(2)22-21-23(18(17)15-5-4-8-31-15)19(26)16(32-21)10-12-6-7-14(25)13(9-12)24(28)29/h4-10,18,25H,3H2,1-2H3/b16-10-/t18-/m0/s1. The number of aromatic hydroxyl groups is 1. The number of carbonyl (C=O) groups is 1. The van der Waals surface area contributed by atoms with Crippen molar-refractivity contribution in [3.05, 3.63) is 87.2 Å². The number of fused-ring (bicyclic) bond motifs is 1. The van der Waals surface area contributed by atoms with Crippen LogP contribution in [0.4, 0.5) is 5.69 Å². The number of nitrogens with zero attached hydrogens (tertiary/aromatic N) is 3. The Morgan fingerprint density at radius 3 is 2.84 bits per heavy atom. The van der Waals surface area contributed by atoms with Crippen LogP contribution in [0.5, 0.6) is 5.75 Å². The number of thiophene rings is 1. The summed E-state index contributed by atoms with van der Waals surface area (Å²) in [5.41, 5.74) is 0.317. The molecule has 0 amide bonds. The first-order chi connectivity index (χ1) is 15.3. The lowest BCUT2D eigenvalue weighted by Gasteiger charge is -2.23. The number of thiazole rings is 1. The molecule has 32 heavy (non-hydrogen) atoms. The fraction of sp³-hybridized carbons (Fsp3) is 0.190. The van der Waals surface area contributed by atoms with Gasteiger partial charge in [-0.1, -0.05) is 23.5 Å². The average Bonchev–Trinajstić information content (AvgIpc) is 3.37. The molecule has 1 N–H and O–H groups in total. The van der Waals surface area contributed by atoms with Crippen LogP contribution in [-0.4, -0.2) is 27.2 Å². The second kappa shape index (κ2) is 8.52. The molecule has 2 aromatic heterocycles. The minimum absolute atomic E-state index is 0.191. The Labute approximate surface area is 189 Å². The van der Waals surface area contributed by atoms with Gasteiger partial charge in [-0.25, -0.2) is 9.79 Å². The summed E-state index contributed by atoms with van der Waals surface area (Å²) in [5.74, 6) is -0.989. The van der Waals surface area contributed by atoms with Gasteiger partial charge in [-0.2, -0.15) is 0 Å². The van der Waals surface area contributed by atoms with E-state index in [1.807, 2.05) is 17.5 Å². The van der Waals surface area contributed by atoms with Gasteiger partial charge in [-0.15, -0.1) is 11.3 Å². The van der Waals surface area contributed by atoms with Gasteiger partial charge in [-0.3, -0.25) is 19.5 Å². The van der Waals surface area contributed by atoms with Crippen molar-refractivity contribution < 1.29 is 19.6 Å². The molecule has 0 unspecified atom stereocenters. The van der Waals surface area contributed by atoms with Crippen LogP contribution in [0, 0.1) is 10.1 Å². The molecule has 9 nitrogen and oxygen atoms in total. The van der Waals surface area contributed by atoms with Crippen LogP contribution in [0.2, 0.25) is 0 Å². The Morgan fingerprint density at radius 2 is 2.19 bits per heavy atom. The molecule has 4 rings (SSSR count). The van der Waals surface area contributed by atoms with Crippen molar-refractivity contribution in [3.8, 4) is 5.75 Å². The minimum atomic E-state index is -0.694. The molecule has 0 spiro atoms. The molecule has 0 saturated carbocycles. The Balaban J connectivity index is 1.92. The van der Waals surface area contributed by atoms with E-state index in [0.717, 1.165) is 16.2 Å². The zero-order valence-corrected chi connectivity index (χ0v) is 18.6. The number of carbonyl (C=O) groups excluding carboxylic acids is 1. The number of benzene rings is 1. The number of hydrogen-bond donors (Lipinski definition) is 1. The van der Waals surface area contributed by atoms with Gasteiger partial charge in [0.05, 0.1) is 27.3 Å². The lowest BCUT2D eigenvalue weighted by Crippen LogP contribution is -2.39. The zero-order valence-electron chi connectivity index (χ0n) is 17.0. The van der Waals surface area contributed by atoms with E-state index in [9.17, 15) is 24.8 Å². The maximum atomic E-state index is 13.4. The van der Waals surface area contributed by atoms with Gasteiger partial charge in [0, 0.05) is 10.9 Å². The van der Waals surface area contributed by atoms with E-state index in [0.29, 0.717) is 26.2 Å². The highest BCUT2D eigenvalue weighted by atomic mass is 32.1. The van der Waals surface area contributed by atoms with Crippen LogP contribution in [0.25, 0.3) is 6.08 Å². The largest absolute Gasteiger partial charge is 0.502 e. The van der Waals surface area contributed by atoms with E-state index in [1.54, 1.807) is 13.8 Å². The molecule has 0 aliphatic carbocycles. The van der Waals surface area contributed by atoms with Crippen molar-refractivity contribution in [3.63, 3.8) is 0 Å². The summed E-state index contributed by atoms with van der Waals surface area (Å²) in [7, 11) is 0. The normalized spacial score (nSPS) is 15.9. The molecule has 0 radical (unpaired) electrons. The van der Waals surface area contributed by atoms with E-state index in [2.05, 4.69) is 4.99 Å². The van der Waals surface area contributed by atoms with Gasteiger partial charge in [0.25, 0.3) is 5.56 Å². The summed E-state index contributed by atoms with van der Waals surface area (Å²) in [6.07, 6.45) is 1.51. The van der Waals surface area contributed by atoms with Crippen LogP contribution in [0.1, 0.15) is 30.3 Å². The predicted molar refractivity (Wildman–Crippen MR) is 119 cm³/mol. The Bertz CT molecular complexity index is 1430. The van der Waals surface area contributed by atoms with Crippen molar-refractivity contribution in [2.45, 2.75) is 19.9 Å². The quantitative estimate of drug-likeness (QED) is 0.346. The number of hydrogen-bond acceptors (Lipinski definition) is 9. The van der Waals surface area contributed by atoms with E-state index < -0.39 is 28.4 Å². The van der Waals surface area contributed by atoms with Gasteiger partial charge < -0.3 is 9.84 Å². The average molecular weight is 472 g/mol.